The number of benzene rings is 1. The Morgan fingerprint density at radius 1 is 1.32 bits per heavy atom. The first-order valence-corrected chi connectivity index (χ1v) is 6.76. The Balaban J connectivity index is 1.53. The fourth-order valence-electron chi connectivity index (χ4n) is 2.85. The van der Waals surface area contributed by atoms with E-state index in [1.54, 1.807) is 0 Å². The van der Waals surface area contributed by atoms with Crippen molar-refractivity contribution in [1.82, 2.24) is 5.32 Å². The van der Waals surface area contributed by atoms with E-state index in [4.69, 9.17) is 10.5 Å². The number of hydrogen-bond donors (Lipinski definition) is 3. The van der Waals surface area contributed by atoms with Crippen molar-refractivity contribution in [3.63, 3.8) is 0 Å². The number of carbonyl (C=O) groups excluding carboxylic acids is 1. The summed E-state index contributed by atoms with van der Waals surface area (Å²) in [4.78, 5) is 11.9. The molecule has 2 heterocycles. The van der Waals surface area contributed by atoms with E-state index in [2.05, 4.69) is 10.6 Å². The van der Waals surface area contributed by atoms with E-state index < -0.39 is 0 Å². The van der Waals surface area contributed by atoms with Gasteiger partial charge in [0.1, 0.15) is 0 Å². The molecule has 5 heteroatoms. The summed E-state index contributed by atoms with van der Waals surface area (Å²) >= 11 is 0. The van der Waals surface area contributed by atoms with E-state index in [1.165, 1.54) is 0 Å². The number of amides is 2. The molecule has 0 saturated carbocycles. The van der Waals surface area contributed by atoms with E-state index in [0.29, 0.717) is 12.6 Å². The highest BCUT2D eigenvalue weighted by atomic mass is 16.5. The van der Waals surface area contributed by atoms with Crippen molar-refractivity contribution in [2.75, 3.05) is 5.32 Å². The van der Waals surface area contributed by atoms with Gasteiger partial charge in [0.05, 0.1) is 18.2 Å². The summed E-state index contributed by atoms with van der Waals surface area (Å²) in [5, 5.41) is 5.82. The topological polar surface area (TPSA) is 76.4 Å². The quantitative estimate of drug-likeness (QED) is 0.773. The highest BCUT2D eigenvalue weighted by Gasteiger charge is 2.41. The van der Waals surface area contributed by atoms with Crippen LogP contribution in [0.3, 0.4) is 0 Å². The normalized spacial score (nSPS) is 28.4. The molecule has 2 saturated heterocycles. The van der Waals surface area contributed by atoms with E-state index in [-0.39, 0.29) is 18.2 Å². The summed E-state index contributed by atoms with van der Waals surface area (Å²) in [6.45, 7) is 0.509. The van der Waals surface area contributed by atoms with Gasteiger partial charge in [-0.25, -0.2) is 4.79 Å². The van der Waals surface area contributed by atoms with Gasteiger partial charge in [-0.2, -0.15) is 0 Å². The number of carbonyl (C=O) groups is 1. The second kappa shape index (κ2) is 5.19. The van der Waals surface area contributed by atoms with E-state index >= 15 is 0 Å². The highest BCUT2D eigenvalue weighted by Crippen LogP contribution is 2.34. The lowest BCUT2D eigenvalue weighted by atomic mass is 9.96. The van der Waals surface area contributed by atoms with Gasteiger partial charge in [0, 0.05) is 12.2 Å². The van der Waals surface area contributed by atoms with Crippen molar-refractivity contribution < 1.29 is 9.53 Å². The zero-order valence-electron chi connectivity index (χ0n) is 10.8. The largest absolute Gasteiger partial charge is 0.373 e. The number of urea groups is 1. The standard InChI is InChI=1S/C14H19N3O2/c15-8-9-1-3-10(4-2-9)16-14(18)17-12-7-11-5-6-13(12)19-11/h1-4,11-13H,5-8,15H2,(H2,16,17,18). The average molecular weight is 261 g/mol. The van der Waals surface area contributed by atoms with Crippen molar-refractivity contribution in [3.8, 4) is 0 Å². The molecule has 0 aliphatic carbocycles. The molecule has 4 N–H and O–H groups in total. The monoisotopic (exact) mass is 261 g/mol. The van der Waals surface area contributed by atoms with Crippen LogP contribution in [0.1, 0.15) is 24.8 Å². The summed E-state index contributed by atoms with van der Waals surface area (Å²) in [7, 11) is 0. The van der Waals surface area contributed by atoms with Crippen LogP contribution in [0, 0.1) is 0 Å². The van der Waals surface area contributed by atoms with Gasteiger partial charge in [-0.15, -0.1) is 0 Å². The minimum atomic E-state index is -0.165. The van der Waals surface area contributed by atoms with Gasteiger partial charge < -0.3 is 21.1 Å². The average Bonchev–Trinajstić information content (AvgIpc) is 3.02. The molecule has 2 fully saturated rings. The molecule has 102 valence electrons. The summed E-state index contributed by atoms with van der Waals surface area (Å²) < 4.78 is 5.71. The van der Waals surface area contributed by atoms with Gasteiger partial charge in [0.15, 0.2) is 0 Å². The second-order valence-electron chi connectivity index (χ2n) is 5.22. The molecule has 2 bridgehead atoms. The maximum atomic E-state index is 11.9. The number of hydrogen-bond acceptors (Lipinski definition) is 3. The van der Waals surface area contributed by atoms with Gasteiger partial charge in [0.25, 0.3) is 0 Å². The van der Waals surface area contributed by atoms with E-state index in [1.807, 2.05) is 24.3 Å². The van der Waals surface area contributed by atoms with Crippen LogP contribution in [-0.4, -0.2) is 24.3 Å². The third-order valence-corrected chi connectivity index (χ3v) is 3.87. The maximum Gasteiger partial charge on any atom is 0.319 e. The van der Waals surface area contributed by atoms with Crippen LogP contribution in [0.2, 0.25) is 0 Å². The van der Waals surface area contributed by atoms with Crippen LogP contribution in [0.5, 0.6) is 0 Å². The lowest BCUT2D eigenvalue weighted by Crippen LogP contribution is -2.43. The molecular weight excluding hydrogens is 242 g/mol. The zero-order chi connectivity index (χ0) is 13.2. The van der Waals surface area contributed by atoms with Crippen LogP contribution in [0.15, 0.2) is 24.3 Å². The minimum absolute atomic E-state index is 0.155. The first-order valence-electron chi connectivity index (χ1n) is 6.76. The molecule has 1 aromatic rings. The summed E-state index contributed by atoms with van der Waals surface area (Å²) in [5.41, 5.74) is 7.36. The van der Waals surface area contributed by atoms with Crippen LogP contribution in [0.4, 0.5) is 10.5 Å². The fourth-order valence-corrected chi connectivity index (χ4v) is 2.85. The highest BCUT2D eigenvalue weighted by molar-refractivity contribution is 5.89. The minimum Gasteiger partial charge on any atom is -0.373 e. The molecule has 3 atom stereocenters. The maximum absolute atomic E-state index is 11.9. The molecule has 2 amide bonds. The second-order valence-corrected chi connectivity index (χ2v) is 5.22. The number of nitrogens with two attached hydrogens (primary N) is 1. The van der Waals surface area contributed by atoms with Crippen LogP contribution >= 0.6 is 0 Å². The molecule has 0 spiro atoms. The number of rotatable bonds is 3. The van der Waals surface area contributed by atoms with Crippen molar-refractivity contribution in [2.24, 2.45) is 5.73 Å². The molecule has 3 rings (SSSR count). The zero-order valence-corrected chi connectivity index (χ0v) is 10.8. The Bertz CT molecular complexity index is 460. The smallest absolute Gasteiger partial charge is 0.319 e. The first-order chi connectivity index (χ1) is 9.24. The third kappa shape index (κ3) is 2.72. The molecule has 3 unspecified atom stereocenters. The summed E-state index contributed by atoms with van der Waals surface area (Å²) in [6.07, 6.45) is 3.67. The fraction of sp³-hybridized carbons (Fsp3) is 0.500. The molecular formula is C14H19N3O2. The van der Waals surface area contributed by atoms with Gasteiger partial charge in [0.2, 0.25) is 0 Å². The van der Waals surface area contributed by atoms with Crippen molar-refractivity contribution in [1.29, 1.82) is 0 Å². The summed E-state index contributed by atoms with van der Waals surface area (Å²) in [5.74, 6) is 0. The molecule has 2 aliphatic heterocycles. The number of fused-ring (bicyclic) bond motifs is 2. The van der Waals surface area contributed by atoms with Crippen molar-refractivity contribution in [2.45, 2.75) is 44.1 Å². The molecule has 0 radical (unpaired) electrons. The summed E-state index contributed by atoms with van der Waals surface area (Å²) in [6, 6.07) is 7.54. The van der Waals surface area contributed by atoms with Crippen molar-refractivity contribution >= 4 is 11.7 Å². The lowest BCUT2D eigenvalue weighted by molar-refractivity contribution is 0.0984. The van der Waals surface area contributed by atoms with Gasteiger partial charge in [-0.05, 0) is 37.0 Å². The molecule has 5 nitrogen and oxygen atoms in total. The third-order valence-electron chi connectivity index (χ3n) is 3.87. The molecule has 0 aromatic heterocycles. The first kappa shape index (κ1) is 12.4. The van der Waals surface area contributed by atoms with E-state index in [9.17, 15) is 4.79 Å². The molecule has 1 aromatic carbocycles. The molecule has 2 aliphatic rings. The number of nitrogens with one attached hydrogen (secondary N) is 2. The van der Waals surface area contributed by atoms with Crippen LogP contribution in [0.25, 0.3) is 0 Å². The Morgan fingerprint density at radius 2 is 2.11 bits per heavy atom. The van der Waals surface area contributed by atoms with Crippen molar-refractivity contribution in [3.05, 3.63) is 29.8 Å². The van der Waals surface area contributed by atoms with Gasteiger partial charge in [-0.3, -0.25) is 0 Å². The SMILES string of the molecule is NCc1ccc(NC(=O)NC2CC3CCC2O3)cc1. The Morgan fingerprint density at radius 3 is 2.68 bits per heavy atom. The predicted octanol–water partition coefficient (Wildman–Crippen LogP) is 1.59. The Kier molecular flexibility index (Phi) is 3.40. The lowest BCUT2D eigenvalue weighted by Gasteiger charge is -2.20. The van der Waals surface area contributed by atoms with Gasteiger partial charge in [-0.1, -0.05) is 12.1 Å². The van der Waals surface area contributed by atoms with E-state index in [0.717, 1.165) is 30.5 Å². The predicted molar refractivity (Wildman–Crippen MR) is 72.8 cm³/mol. The Hall–Kier alpha value is -1.59. The Labute approximate surface area is 112 Å². The number of ether oxygens (including phenoxy) is 1. The van der Waals surface area contributed by atoms with Gasteiger partial charge >= 0.3 is 6.03 Å². The number of anilines is 1. The molecule has 19 heavy (non-hydrogen) atoms. The van der Waals surface area contributed by atoms with Crippen LogP contribution in [-0.2, 0) is 11.3 Å². The van der Waals surface area contributed by atoms with Crippen LogP contribution < -0.4 is 16.4 Å².